The molecular formula is C22H22N4O. The zero-order valence-electron chi connectivity index (χ0n) is 14.9. The molecule has 1 aromatic heterocycles. The van der Waals surface area contributed by atoms with Crippen LogP contribution >= 0.6 is 0 Å². The molecule has 27 heavy (non-hydrogen) atoms. The molecule has 0 aliphatic heterocycles. The number of allylic oxidation sites excluding steroid dienone is 1. The SMILES string of the molecule is N=C/C(=C(\N)c1cccc(OCc2ccc(CN)cc2)c1)c1ccncc1. The molecule has 0 spiro atoms. The maximum absolute atomic E-state index is 7.73. The van der Waals surface area contributed by atoms with Crippen LogP contribution < -0.4 is 16.2 Å². The van der Waals surface area contributed by atoms with Gasteiger partial charge in [0.1, 0.15) is 12.4 Å². The molecular weight excluding hydrogens is 336 g/mol. The predicted molar refractivity (Wildman–Crippen MR) is 109 cm³/mol. The lowest BCUT2D eigenvalue weighted by Crippen LogP contribution is -2.03. The lowest BCUT2D eigenvalue weighted by molar-refractivity contribution is 0.306. The summed E-state index contributed by atoms with van der Waals surface area (Å²) in [6, 6.07) is 19.3. The first kappa shape index (κ1) is 18.4. The van der Waals surface area contributed by atoms with E-state index >= 15 is 0 Å². The van der Waals surface area contributed by atoms with Gasteiger partial charge in [0.15, 0.2) is 0 Å². The Morgan fingerprint density at radius 3 is 2.33 bits per heavy atom. The quantitative estimate of drug-likeness (QED) is 0.562. The van der Waals surface area contributed by atoms with Crippen LogP contribution in [0.1, 0.15) is 22.3 Å². The van der Waals surface area contributed by atoms with Crippen molar-refractivity contribution < 1.29 is 4.74 Å². The van der Waals surface area contributed by atoms with E-state index in [2.05, 4.69) is 4.98 Å². The standard InChI is InChI=1S/C22H22N4O/c23-13-16-4-6-17(7-5-16)15-27-20-3-1-2-19(12-20)22(25)21(14-24)18-8-10-26-11-9-18/h1-12,14,24H,13,15,23,25H2/b22-21+,24-14?. The van der Waals surface area contributed by atoms with Crippen molar-refractivity contribution in [3.8, 4) is 5.75 Å². The molecule has 0 unspecified atom stereocenters. The molecule has 0 aliphatic rings. The Labute approximate surface area is 158 Å². The van der Waals surface area contributed by atoms with Crippen molar-refractivity contribution in [1.29, 1.82) is 5.41 Å². The van der Waals surface area contributed by atoms with Crippen molar-refractivity contribution in [2.45, 2.75) is 13.2 Å². The third-order valence-electron chi connectivity index (χ3n) is 4.24. The molecule has 0 atom stereocenters. The number of nitrogens with two attached hydrogens (primary N) is 2. The molecule has 3 aromatic rings. The van der Waals surface area contributed by atoms with Crippen LogP contribution in [0.15, 0.2) is 73.1 Å². The van der Waals surface area contributed by atoms with Crippen LogP contribution in [0.5, 0.6) is 5.75 Å². The van der Waals surface area contributed by atoms with Crippen molar-refractivity contribution in [2.75, 3.05) is 0 Å². The fourth-order valence-electron chi connectivity index (χ4n) is 2.70. The summed E-state index contributed by atoms with van der Waals surface area (Å²) in [7, 11) is 0. The second kappa shape index (κ2) is 8.78. The van der Waals surface area contributed by atoms with Crippen molar-refractivity contribution in [3.63, 3.8) is 0 Å². The normalized spacial score (nSPS) is 11.6. The van der Waals surface area contributed by atoms with Crippen molar-refractivity contribution in [3.05, 3.63) is 95.3 Å². The molecule has 5 N–H and O–H groups in total. The van der Waals surface area contributed by atoms with Crippen LogP contribution in [0.25, 0.3) is 11.3 Å². The summed E-state index contributed by atoms with van der Waals surface area (Å²) in [4.78, 5) is 4.01. The third-order valence-corrected chi connectivity index (χ3v) is 4.24. The fourth-order valence-corrected chi connectivity index (χ4v) is 2.70. The molecule has 0 amide bonds. The van der Waals surface area contributed by atoms with E-state index in [0.29, 0.717) is 24.4 Å². The molecule has 0 fully saturated rings. The smallest absolute Gasteiger partial charge is 0.120 e. The van der Waals surface area contributed by atoms with E-state index < -0.39 is 0 Å². The lowest BCUT2D eigenvalue weighted by Gasteiger charge is -2.11. The first-order valence-electron chi connectivity index (χ1n) is 8.63. The first-order chi connectivity index (χ1) is 13.2. The zero-order valence-corrected chi connectivity index (χ0v) is 14.9. The highest BCUT2D eigenvalue weighted by molar-refractivity contribution is 6.17. The highest BCUT2D eigenvalue weighted by Gasteiger charge is 2.08. The molecule has 0 aliphatic carbocycles. The molecule has 0 saturated heterocycles. The molecule has 2 aromatic carbocycles. The minimum Gasteiger partial charge on any atom is -0.489 e. The number of rotatable bonds is 7. The van der Waals surface area contributed by atoms with E-state index in [-0.39, 0.29) is 0 Å². The maximum atomic E-state index is 7.73. The summed E-state index contributed by atoms with van der Waals surface area (Å²) in [5.74, 6) is 0.720. The number of pyridine rings is 1. The summed E-state index contributed by atoms with van der Waals surface area (Å²) in [6.45, 7) is 0.987. The Morgan fingerprint density at radius 1 is 0.963 bits per heavy atom. The van der Waals surface area contributed by atoms with Gasteiger partial charge in [-0.25, -0.2) is 0 Å². The average Bonchev–Trinajstić information content (AvgIpc) is 2.74. The summed E-state index contributed by atoms with van der Waals surface area (Å²) in [6.07, 6.45) is 4.63. The van der Waals surface area contributed by atoms with E-state index in [1.807, 2.05) is 60.7 Å². The number of benzene rings is 2. The van der Waals surface area contributed by atoms with Crippen LogP contribution in [0, 0.1) is 5.41 Å². The largest absolute Gasteiger partial charge is 0.489 e. The molecule has 0 saturated carbocycles. The van der Waals surface area contributed by atoms with Gasteiger partial charge in [-0.05, 0) is 41.0 Å². The van der Waals surface area contributed by atoms with Gasteiger partial charge in [-0.3, -0.25) is 4.98 Å². The summed E-state index contributed by atoms with van der Waals surface area (Å²) < 4.78 is 5.90. The molecule has 136 valence electrons. The highest BCUT2D eigenvalue weighted by Crippen LogP contribution is 2.24. The molecule has 3 rings (SSSR count). The van der Waals surface area contributed by atoms with E-state index in [9.17, 15) is 0 Å². The summed E-state index contributed by atoms with van der Waals surface area (Å²) >= 11 is 0. The number of hydrogen-bond acceptors (Lipinski definition) is 5. The summed E-state index contributed by atoms with van der Waals surface area (Å²) in [5, 5.41) is 7.73. The predicted octanol–water partition coefficient (Wildman–Crippen LogP) is 3.60. The van der Waals surface area contributed by atoms with Crippen LogP contribution in [-0.2, 0) is 13.2 Å². The number of aromatic nitrogens is 1. The number of nitrogens with zero attached hydrogens (tertiary/aromatic N) is 1. The highest BCUT2D eigenvalue weighted by atomic mass is 16.5. The minimum absolute atomic E-state index is 0.458. The van der Waals surface area contributed by atoms with Gasteiger partial charge >= 0.3 is 0 Å². The number of ether oxygens (including phenoxy) is 1. The Balaban J connectivity index is 1.79. The van der Waals surface area contributed by atoms with E-state index in [1.165, 1.54) is 6.21 Å². The van der Waals surface area contributed by atoms with E-state index in [0.717, 1.165) is 28.0 Å². The van der Waals surface area contributed by atoms with Gasteiger partial charge in [0.05, 0.1) is 0 Å². The molecule has 1 heterocycles. The summed E-state index contributed by atoms with van der Waals surface area (Å²) in [5.41, 5.74) is 16.9. The van der Waals surface area contributed by atoms with Gasteiger partial charge in [0.2, 0.25) is 0 Å². The first-order valence-corrected chi connectivity index (χ1v) is 8.63. The van der Waals surface area contributed by atoms with Gasteiger partial charge < -0.3 is 21.6 Å². The van der Waals surface area contributed by atoms with Crippen LogP contribution in [0.3, 0.4) is 0 Å². The van der Waals surface area contributed by atoms with Crippen LogP contribution in [0.2, 0.25) is 0 Å². The second-order valence-electron chi connectivity index (χ2n) is 6.04. The van der Waals surface area contributed by atoms with Gasteiger partial charge in [-0.1, -0.05) is 36.4 Å². The Hall–Kier alpha value is -3.44. The molecule has 5 nitrogen and oxygen atoms in total. The van der Waals surface area contributed by atoms with Crippen molar-refractivity contribution >= 4 is 17.5 Å². The van der Waals surface area contributed by atoms with Gasteiger partial charge in [-0.2, -0.15) is 0 Å². The fraction of sp³-hybridized carbons (Fsp3) is 0.0909. The van der Waals surface area contributed by atoms with E-state index in [1.54, 1.807) is 12.4 Å². The lowest BCUT2D eigenvalue weighted by atomic mass is 10.0. The third kappa shape index (κ3) is 4.59. The Morgan fingerprint density at radius 2 is 1.67 bits per heavy atom. The molecule has 0 radical (unpaired) electrons. The molecule has 5 heteroatoms. The average molecular weight is 358 g/mol. The Kier molecular flexibility index (Phi) is 5.97. The van der Waals surface area contributed by atoms with Gasteiger partial charge in [0, 0.05) is 42.0 Å². The molecule has 0 bridgehead atoms. The topological polar surface area (TPSA) is 98.0 Å². The Bertz CT molecular complexity index is 934. The monoisotopic (exact) mass is 358 g/mol. The van der Waals surface area contributed by atoms with Crippen molar-refractivity contribution in [1.82, 2.24) is 4.98 Å². The van der Waals surface area contributed by atoms with Gasteiger partial charge in [0.25, 0.3) is 0 Å². The number of hydrogen-bond donors (Lipinski definition) is 3. The van der Waals surface area contributed by atoms with Crippen LogP contribution in [-0.4, -0.2) is 11.2 Å². The van der Waals surface area contributed by atoms with Crippen LogP contribution in [0.4, 0.5) is 0 Å². The minimum atomic E-state index is 0.458. The number of nitrogens with one attached hydrogen (secondary N) is 1. The second-order valence-corrected chi connectivity index (χ2v) is 6.04. The van der Waals surface area contributed by atoms with E-state index in [4.69, 9.17) is 21.6 Å². The maximum Gasteiger partial charge on any atom is 0.120 e. The zero-order chi connectivity index (χ0) is 19.1. The van der Waals surface area contributed by atoms with Gasteiger partial charge in [-0.15, -0.1) is 0 Å². The van der Waals surface area contributed by atoms with Crippen molar-refractivity contribution in [2.24, 2.45) is 11.5 Å².